The average Bonchev–Trinajstić information content (AvgIpc) is 3.95. The maximum Gasteiger partial charge on any atom is 2.00 e. The molecule has 0 bridgehead atoms. The molecule has 6 aromatic carbocycles. The van der Waals surface area contributed by atoms with Crippen LogP contribution >= 0.6 is 22.7 Å². The molecule has 0 aliphatic carbocycles. The maximum atomic E-state index is 6.68. The van der Waals surface area contributed by atoms with Gasteiger partial charge >= 0.3 is 21.1 Å². The molecule has 0 radical (unpaired) electrons. The molecule has 0 saturated carbocycles. The fraction of sp³-hybridized carbons (Fsp3) is 0. The van der Waals surface area contributed by atoms with Crippen LogP contribution in [0.4, 0.5) is 0 Å². The third kappa shape index (κ3) is 4.53. The smallest absolute Gasteiger partial charge is 0.509 e. The number of benzene rings is 6. The second-order valence-corrected chi connectivity index (χ2v) is 15.4. The molecule has 12 aromatic rings. The van der Waals surface area contributed by atoms with Gasteiger partial charge in [0.25, 0.3) is 0 Å². The molecule has 256 valence electrons. The Morgan fingerprint density at radius 2 is 0.870 bits per heavy atom. The summed E-state index contributed by atoms with van der Waals surface area (Å²) in [6.45, 7) is 0. The Labute approximate surface area is 330 Å². The van der Waals surface area contributed by atoms with Gasteiger partial charge in [-0.1, -0.05) is 71.7 Å². The molecule has 0 saturated heterocycles. The first kappa shape index (κ1) is 31.7. The molecule has 0 atom stereocenters. The molecule has 0 unspecified atom stereocenters. The van der Waals surface area contributed by atoms with Crippen molar-refractivity contribution < 1.29 is 25.8 Å². The van der Waals surface area contributed by atoms with Crippen molar-refractivity contribution in [3.8, 4) is 23.1 Å². The number of hydrogen-bond acceptors (Lipinski definition) is 5. The van der Waals surface area contributed by atoms with Crippen LogP contribution in [0.2, 0.25) is 0 Å². The van der Waals surface area contributed by atoms with Gasteiger partial charge in [-0.05, 0) is 59.3 Å². The van der Waals surface area contributed by atoms with Crippen LogP contribution < -0.4 is 4.74 Å². The zero-order valence-electron chi connectivity index (χ0n) is 28.2. The second-order valence-electron chi connectivity index (χ2n) is 13.2. The minimum atomic E-state index is 0. The molecule has 8 heteroatoms. The Kier molecular flexibility index (Phi) is 7.08. The molecular weight excluding hydrogens is 884 g/mol. The zero-order valence-corrected chi connectivity index (χ0v) is 32.1. The monoisotopic (exact) mass is 907 g/mol. The number of nitrogens with zero attached hydrogens (tertiary/aromatic N) is 4. The standard InChI is InChI=1S/C46H24N4OS2.Pt/c1-3-11-37-33(9-1)43-39(52-37)21-19-31-29-17-15-27(25-35(29)49(45(31)43)41-13-5-7-23-47-41)51-28-16-18-30-32-20-22-40-44(34-10-2-4-12-38(34)53-40)46(32)50(36(30)26-28)42-14-6-8-24-48-42;/h1-24H;/q-2;+2. The van der Waals surface area contributed by atoms with Gasteiger partial charge in [-0.2, -0.15) is 12.1 Å². The maximum absolute atomic E-state index is 6.68. The molecule has 0 aliphatic rings. The van der Waals surface area contributed by atoms with Crippen LogP contribution in [0.3, 0.4) is 0 Å². The molecule has 5 nitrogen and oxygen atoms in total. The van der Waals surface area contributed by atoms with Gasteiger partial charge in [0.1, 0.15) is 11.6 Å². The second kappa shape index (κ2) is 12.1. The van der Waals surface area contributed by atoms with E-state index in [1.54, 1.807) is 0 Å². The number of aromatic nitrogens is 4. The predicted molar refractivity (Wildman–Crippen MR) is 221 cm³/mol. The Hall–Kier alpha value is -5.85. The van der Waals surface area contributed by atoms with Gasteiger partial charge in [0.15, 0.2) is 0 Å². The zero-order chi connectivity index (χ0) is 34.6. The van der Waals surface area contributed by atoms with Gasteiger partial charge in [-0.15, -0.1) is 57.7 Å². The van der Waals surface area contributed by atoms with Crippen molar-refractivity contribution in [2.24, 2.45) is 0 Å². The minimum absolute atomic E-state index is 0. The molecular formula is C46H24N4OPtS2. The van der Waals surface area contributed by atoms with Crippen LogP contribution in [0, 0.1) is 12.1 Å². The normalized spacial score (nSPS) is 11.9. The third-order valence-corrected chi connectivity index (χ3v) is 12.6. The van der Waals surface area contributed by atoms with Crippen molar-refractivity contribution in [2.75, 3.05) is 0 Å². The summed E-state index contributed by atoms with van der Waals surface area (Å²) in [5.41, 5.74) is 4.08. The van der Waals surface area contributed by atoms with Gasteiger partial charge in [-0.3, -0.25) is 0 Å². The minimum Gasteiger partial charge on any atom is -0.509 e. The first-order valence-electron chi connectivity index (χ1n) is 17.4. The molecule has 0 aliphatic heterocycles. The van der Waals surface area contributed by atoms with E-state index in [9.17, 15) is 0 Å². The quantitative estimate of drug-likeness (QED) is 0.165. The largest absolute Gasteiger partial charge is 2.00 e. The van der Waals surface area contributed by atoms with E-state index in [-0.39, 0.29) is 21.1 Å². The first-order valence-corrected chi connectivity index (χ1v) is 19.0. The van der Waals surface area contributed by atoms with Crippen molar-refractivity contribution in [1.82, 2.24) is 19.1 Å². The van der Waals surface area contributed by atoms with Crippen LogP contribution in [0.5, 0.6) is 11.5 Å². The molecule has 0 fully saturated rings. The van der Waals surface area contributed by atoms with Crippen molar-refractivity contribution >= 4 is 107 Å². The molecule has 54 heavy (non-hydrogen) atoms. The fourth-order valence-electron chi connectivity index (χ4n) is 8.10. The van der Waals surface area contributed by atoms with Crippen molar-refractivity contribution in [2.45, 2.75) is 0 Å². The van der Waals surface area contributed by atoms with Gasteiger partial charge in [0, 0.05) is 64.2 Å². The van der Waals surface area contributed by atoms with Crippen molar-refractivity contribution in [1.29, 1.82) is 0 Å². The van der Waals surface area contributed by atoms with Crippen LogP contribution in [-0.4, -0.2) is 19.1 Å². The van der Waals surface area contributed by atoms with E-state index in [0.717, 1.165) is 55.2 Å². The number of hydrogen-bond donors (Lipinski definition) is 0. The topological polar surface area (TPSA) is 44.9 Å². The van der Waals surface area contributed by atoms with Gasteiger partial charge in [-0.25, -0.2) is 9.97 Å². The number of ether oxygens (including phenoxy) is 1. The number of pyridine rings is 2. The van der Waals surface area contributed by atoms with Gasteiger partial charge in [0.05, 0.1) is 11.0 Å². The molecule has 12 rings (SSSR count). The summed E-state index contributed by atoms with van der Waals surface area (Å²) in [5, 5.41) is 9.45. The summed E-state index contributed by atoms with van der Waals surface area (Å²) in [4.78, 5) is 9.66. The molecule has 6 heterocycles. The van der Waals surface area contributed by atoms with E-state index >= 15 is 0 Å². The summed E-state index contributed by atoms with van der Waals surface area (Å²) in [7, 11) is 0. The van der Waals surface area contributed by atoms with Crippen LogP contribution in [-0.2, 0) is 21.1 Å². The third-order valence-electron chi connectivity index (χ3n) is 10.3. The van der Waals surface area contributed by atoms with E-state index in [4.69, 9.17) is 14.7 Å². The number of rotatable bonds is 4. The SMILES string of the molecule is [Pt+2].[c-]1c(Oc2[c-]c3c(cc2)c2ccc4sc5ccccc5c4c2n3-c2ccccn2)ccc2c3ccc4sc5ccccc5c4c3n(-c3ccccn3)c12. The van der Waals surface area contributed by atoms with Crippen LogP contribution in [0.25, 0.3) is 95.6 Å². The van der Waals surface area contributed by atoms with E-state index in [2.05, 4.69) is 118 Å². The van der Waals surface area contributed by atoms with E-state index in [1.165, 1.54) is 40.3 Å². The number of fused-ring (bicyclic) bond motifs is 14. The van der Waals surface area contributed by atoms with Gasteiger partial charge < -0.3 is 13.9 Å². The van der Waals surface area contributed by atoms with Gasteiger partial charge in [0.2, 0.25) is 0 Å². The first-order chi connectivity index (χ1) is 26.3. The van der Waals surface area contributed by atoms with Crippen molar-refractivity contribution in [3.05, 3.63) is 158 Å². The average molecular weight is 908 g/mol. The molecule has 0 N–H and O–H groups in total. The molecule has 0 spiro atoms. The molecule has 6 aromatic heterocycles. The summed E-state index contributed by atoms with van der Waals surface area (Å²) < 4.78 is 16.2. The van der Waals surface area contributed by atoms with Crippen LogP contribution in [0.15, 0.2) is 146 Å². The Balaban J connectivity index is 0.00000341. The Morgan fingerprint density at radius 3 is 1.33 bits per heavy atom. The number of thiophene rings is 2. The summed E-state index contributed by atoms with van der Waals surface area (Å²) >= 11 is 3.64. The summed E-state index contributed by atoms with van der Waals surface area (Å²) in [6, 6.07) is 53.9. The van der Waals surface area contributed by atoms with E-state index < -0.39 is 0 Å². The van der Waals surface area contributed by atoms with Crippen LogP contribution in [0.1, 0.15) is 0 Å². The Morgan fingerprint density at radius 1 is 0.426 bits per heavy atom. The predicted octanol–water partition coefficient (Wildman–Crippen LogP) is 12.8. The summed E-state index contributed by atoms with van der Waals surface area (Å²) in [5.74, 6) is 2.88. The van der Waals surface area contributed by atoms with Crippen molar-refractivity contribution in [3.63, 3.8) is 0 Å². The Bertz CT molecular complexity index is 3210. The fourth-order valence-corrected chi connectivity index (χ4v) is 10.3. The summed E-state index contributed by atoms with van der Waals surface area (Å²) in [6.07, 6.45) is 3.69. The van der Waals surface area contributed by atoms with E-state index in [1.807, 2.05) is 71.5 Å². The van der Waals surface area contributed by atoms with E-state index in [0.29, 0.717) is 11.5 Å². The molecule has 0 amide bonds.